The molecule has 5 heteroatoms. The van der Waals surface area contributed by atoms with Gasteiger partial charge in [0.1, 0.15) is 0 Å². The van der Waals surface area contributed by atoms with Crippen molar-refractivity contribution in [2.45, 2.75) is 38.7 Å². The number of rotatable bonds is 3. The molecule has 0 spiro atoms. The number of hydrogen-bond acceptors (Lipinski definition) is 3. The van der Waals surface area contributed by atoms with Crippen LogP contribution >= 0.6 is 0 Å². The zero-order valence-corrected chi connectivity index (χ0v) is 10.4. The zero-order chi connectivity index (χ0) is 12.4. The molecule has 1 aliphatic carbocycles. The molecule has 0 aromatic carbocycles. The number of nitrogens with zero attached hydrogens (tertiary/aromatic N) is 2. The maximum atomic E-state index is 12.1. The normalized spacial score (nSPS) is 16.4. The Bertz CT molecular complexity index is 412. The second kappa shape index (κ2) is 4.87. The fraction of sp³-hybridized carbons (Fsp3) is 0.667. The number of aryl methyl sites for hydroxylation is 1. The van der Waals surface area contributed by atoms with Gasteiger partial charge < -0.3 is 10.0 Å². The molecule has 0 radical (unpaired) electrons. The SMILES string of the molecule is CC(O)CN(C)C(=O)c1n[nH]c2c1CCCC2. The molecule has 0 saturated heterocycles. The quantitative estimate of drug-likeness (QED) is 0.814. The van der Waals surface area contributed by atoms with E-state index in [9.17, 15) is 9.90 Å². The number of aliphatic hydroxyl groups is 1. The van der Waals surface area contributed by atoms with Crippen molar-refractivity contribution in [3.05, 3.63) is 17.0 Å². The van der Waals surface area contributed by atoms with Crippen LogP contribution in [-0.4, -0.2) is 45.8 Å². The Morgan fingerprint density at radius 2 is 2.24 bits per heavy atom. The van der Waals surface area contributed by atoms with Gasteiger partial charge in [0, 0.05) is 24.8 Å². The highest BCUT2D eigenvalue weighted by Crippen LogP contribution is 2.22. The van der Waals surface area contributed by atoms with E-state index in [1.165, 1.54) is 4.90 Å². The monoisotopic (exact) mass is 237 g/mol. The molecule has 0 fully saturated rings. The molecule has 1 aromatic rings. The highest BCUT2D eigenvalue weighted by Gasteiger charge is 2.24. The van der Waals surface area contributed by atoms with Crippen LogP contribution in [0.2, 0.25) is 0 Å². The number of amides is 1. The highest BCUT2D eigenvalue weighted by molar-refractivity contribution is 5.93. The number of likely N-dealkylation sites (N-methyl/N-ethyl adjacent to an activating group) is 1. The summed E-state index contributed by atoms with van der Waals surface area (Å²) in [6.07, 6.45) is 3.67. The van der Waals surface area contributed by atoms with E-state index >= 15 is 0 Å². The number of H-pyrrole nitrogens is 1. The summed E-state index contributed by atoms with van der Waals surface area (Å²) in [4.78, 5) is 13.7. The molecule has 1 aromatic heterocycles. The molecule has 1 atom stereocenters. The minimum absolute atomic E-state index is 0.106. The molecule has 1 unspecified atom stereocenters. The first kappa shape index (κ1) is 12.1. The van der Waals surface area contributed by atoms with Crippen LogP contribution in [-0.2, 0) is 12.8 Å². The van der Waals surface area contributed by atoms with Crippen molar-refractivity contribution in [2.24, 2.45) is 0 Å². The molecule has 1 heterocycles. The van der Waals surface area contributed by atoms with Gasteiger partial charge in [0.2, 0.25) is 0 Å². The molecular formula is C12H19N3O2. The maximum Gasteiger partial charge on any atom is 0.274 e. The molecule has 0 saturated carbocycles. The lowest BCUT2D eigenvalue weighted by molar-refractivity contribution is 0.0697. The predicted molar refractivity (Wildman–Crippen MR) is 63.9 cm³/mol. The predicted octanol–water partition coefficient (Wildman–Crippen LogP) is 0.741. The second-order valence-electron chi connectivity index (χ2n) is 4.77. The molecule has 94 valence electrons. The van der Waals surface area contributed by atoms with Crippen LogP contribution < -0.4 is 0 Å². The van der Waals surface area contributed by atoms with Crippen LogP contribution in [0.5, 0.6) is 0 Å². The summed E-state index contributed by atoms with van der Waals surface area (Å²) in [5.41, 5.74) is 2.70. The lowest BCUT2D eigenvalue weighted by Crippen LogP contribution is -2.33. The van der Waals surface area contributed by atoms with Gasteiger partial charge in [0.05, 0.1) is 6.10 Å². The van der Waals surface area contributed by atoms with E-state index in [1.807, 2.05) is 0 Å². The van der Waals surface area contributed by atoms with Gasteiger partial charge in [-0.2, -0.15) is 5.10 Å². The summed E-state index contributed by atoms with van der Waals surface area (Å²) in [5, 5.41) is 16.4. The lowest BCUT2D eigenvalue weighted by Gasteiger charge is -2.19. The van der Waals surface area contributed by atoms with Crippen molar-refractivity contribution in [1.29, 1.82) is 0 Å². The lowest BCUT2D eigenvalue weighted by atomic mass is 9.95. The maximum absolute atomic E-state index is 12.1. The van der Waals surface area contributed by atoms with Gasteiger partial charge in [-0.05, 0) is 32.6 Å². The molecule has 2 rings (SSSR count). The van der Waals surface area contributed by atoms with Gasteiger partial charge >= 0.3 is 0 Å². The largest absolute Gasteiger partial charge is 0.392 e. The smallest absolute Gasteiger partial charge is 0.274 e. The number of carbonyl (C=O) groups is 1. The molecule has 5 nitrogen and oxygen atoms in total. The van der Waals surface area contributed by atoms with Crippen LogP contribution in [0.15, 0.2) is 0 Å². The minimum Gasteiger partial charge on any atom is -0.392 e. The summed E-state index contributed by atoms with van der Waals surface area (Å²) >= 11 is 0. The molecule has 1 aliphatic rings. The number of aromatic nitrogens is 2. The van der Waals surface area contributed by atoms with Crippen molar-refractivity contribution in [2.75, 3.05) is 13.6 Å². The summed E-state index contributed by atoms with van der Waals surface area (Å²) < 4.78 is 0. The van der Waals surface area contributed by atoms with Crippen molar-refractivity contribution in [1.82, 2.24) is 15.1 Å². The summed E-state index contributed by atoms with van der Waals surface area (Å²) in [6, 6.07) is 0. The number of hydrogen-bond donors (Lipinski definition) is 2. The third-order valence-corrected chi connectivity index (χ3v) is 3.14. The van der Waals surface area contributed by atoms with Gasteiger partial charge in [-0.15, -0.1) is 0 Å². The zero-order valence-electron chi connectivity index (χ0n) is 10.4. The average Bonchev–Trinajstić information content (AvgIpc) is 2.70. The fourth-order valence-electron chi connectivity index (χ4n) is 2.32. The van der Waals surface area contributed by atoms with E-state index in [0.717, 1.165) is 36.9 Å². The number of nitrogens with one attached hydrogen (secondary N) is 1. The van der Waals surface area contributed by atoms with Crippen LogP contribution in [0.1, 0.15) is 41.5 Å². The van der Waals surface area contributed by atoms with Crippen molar-refractivity contribution < 1.29 is 9.90 Å². The Labute approximate surface area is 101 Å². The topological polar surface area (TPSA) is 69.2 Å². The number of fused-ring (bicyclic) bond motifs is 1. The van der Waals surface area contributed by atoms with Gasteiger partial charge in [0.25, 0.3) is 5.91 Å². The van der Waals surface area contributed by atoms with E-state index < -0.39 is 6.10 Å². The Morgan fingerprint density at radius 1 is 1.53 bits per heavy atom. The fourth-order valence-corrected chi connectivity index (χ4v) is 2.32. The average molecular weight is 237 g/mol. The van der Waals surface area contributed by atoms with Crippen molar-refractivity contribution in [3.8, 4) is 0 Å². The van der Waals surface area contributed by atoms with E-state index in [2.05, 4.69) is 10.2 Å². The summed E-state index contributed by atoms with van der Waals surface area (Å²) in [6.45, 7) is 2.00. The molecule has 17 heavy (non-hydrogen) atoms. The van der Waals surface area contributed by atoms with E-state index in [-0.39, 0.29) is 5.91 Å². The van der Waals surface area contributed by atoms with E-state index in [1.54, 1.807) is 14.0 Å². The van der Waals surface area contributed by atoms with E-state index in [4.69, 9.17) is 0 Å². The molecular weight excluding hydrogens is 218 g/mol. The van der Waals surface area contributed by atoms with Gasteiger partial charge in [-0.3, -0.25) is 9.89 Å². The number of carbonyl (C=O) groups excluding carboxylic acids is 1. The Kier molecular flexibility index (Phi) is 3.47. The molecule has 0 bridgehead atoms. The third-order valence-electron chi connectivity index (χ3n) is 3.14. The van der Waals surface area contributed by atoms with Crippen LogP contribution in [0, 0.1) is 0 Å². The first-order chi connectivity index (χ1) is 8.09. The second-order valence-corrected chi connectivity index (χ2v) is 4.77. The van der Waals surface area contributed by atoms with Gasteiger partial charge in [-0.25, -0.2) is 0 Å². The van der Waals surface area contributed by atoms with Gasteiger partial charge in [-0.1, -0.05) is 0 Å². The minimum atomic E-state index is -0.515. The van der Waals surface area contributed by atoms with Crippen molar-refractivity contribution in [3.63, 3.8) is 0 Å². The standard InChI is InChI=1S/C12H19N3O2/c1-8(16)7-15(2)12(17)11-9-5-3-4-6-10(9)13-14-11/h8,16H,3-7H2,1-2H3,(H,13,14). The number of aromatic amines is 1. The highest BCUT2D eigenvalue weighted by atomic mass is 16.3. The first-order valence-electron chi connectivity index (χ1n) is 6.09. The summed E-state index contributed by atoms with van der Waals surface area (Å²) in [7, 11) is 1.69. The van der Waals surface area contributed by atoms with Crippen LogP contribution in [0.4, 0.5) is 0 Å². The third kappa shape index (κ3) is 2.49. The van der Waals surface area contributed by atoms with Crippen molar-refractivity contribution >= 4 is 5.91 Å². The molecule has 2 N–H and O–H groups in total. The Balaban J connectivity index is 2.16. The molecule has 0 aliphatic heterocycles. The number of aliphatic hydroxyl groups excluding tert-OH is 1. The Morgan fingerprint density at radius 3 is 2.94 bits per heavy atom. The van der Waals surface area contributed by atoms with E-state index in [0.29, 0.717) is 12.2 Å². The van der Waals surface area contributed by atoms with Gasteiger partial charge in [0.15, 0.2) is 5.69 Å². The van der Waals surface area contributed by atoms with Crippen LogP contribution in [0.25, 0.3) is 0 Å². The summed E-state index contributed by atoms with van der Waals surface area (Å²) in [5.74, 6) is -0.106. The Hall–Kier alpha value is -1.36. The first-order valence-corrected chi connectivity index (χ1v) is 6.09. The molecule has 1 amide bonds. The van der Waals surface area contributed by atoms with Crippen LogP contribution in [0.3, 0.4) is 0 Å².